The Morgan fingerprint density at radius 3 is 2.39 bits per heavy atom. The molecular formula is C25H31N3O3. The van der Waals surface area contributed by atoms with Gasteiger partial charge in [0, 0.05) is 11.7 Å². The first-order chi connectivity index (χ1) is 15.1. The molecule has 31 heavy (non-hydrogen) atoms. The molecule has 6 nitrogen and oxygen atoms in total. The Morgan fingerprint density at radius 1 is 1.00 bits per heavy atom. The number of amides is 1. The van der Waals surface area contributed by atoms with Crippen LogP contribution in [0.2, 0.25) is 0 Å². The van der Waals surface area contributed by atoms with E-state index in [0.29, 0.717) is 17.2 Å². The van der Waals surface area contributed by atoms with Crippen LogP contribution in [0.25, 0.3) is 16.8 Å². The molecule has 0 unspecified atom stereocenters. The summed E-state index contributed by atoms with van der Waals surface area (Å²) in [5.74, 6) is 1.26. The molecule has 6 heteroatoms. The van der Waals surface area contributed by atoms with E-state index in [9.17, 15) is 4.79 Å². The average Bonchev–Trinajstić information content (AvgIpc) is 3.29. The lowest BCUT2D eigenvalue weighted by Gasteiger charge is -2.18. The number of nitrogens with one attached hydrogen (secondary N) is 1. The lowest BCUT2D eigenvalue weighted by molar-refractivity contribution is 0.0925. The van der Waals surface area contributed by atoms with E-state index >= 15 is 0 Å². The third-order valence-electron chi connectivity index (χ3n) is 5.32. The Balaban J connectivity index is 1.89. The van der Waals surface area contributed by atoms with Crippen molar-refractivity contribution in [2.75, 3.05) is 14.2 Å². The monoisotopic (exact) mass is 421 g/mol. The topological polar surface area (TPSA) is 65.4 Å². The molecule has 3 rings (SSSR count). The Hall–Kier alpha value is -3.28. The predicted octanol–water partition coefficient (Wildman–Crippen LogP) is 5.26. The largest absolute Gasteiger partial charge is 0.493 e. The van der Waals surface area contributed by atoms with Crippen LogP contribution in [0.5, 0.6) is 11.5 Å². The van der Waals surface area contributed by atoms with Crippen LogP contribution in [0.4, 0.5) is 0 Å². The Labute approximate surface area is 184 Å². The van der Waals surface area contributed by atoms with Crippen LogP contribution in [-0.4, -0.2) is 35.7 Å². The van der Waals surface area contributed by atoms with Crippen molar-refractivity contribution in [1.82, 2.24) is 14.9 Å². The molecule has 1 aromatic heterocycles. The molecule has 0 fully saturated rings. The standard InChI is InChI=1S/C25H31N3O3/c1-5-8-20(9-6-2)27-25(29)22-16-26-17-28(22)21-11-7-10-18(14-21)19-12-13-23(30-3)24(15-19)31-4/h7,10-17,20H,5-6,8-9H2,1-4H3,(H,27,29). The zero-order valence-corrected chi connectivity index (χ0v) is 18.7. The highest BCUT2D eigenvalue weighted by Crippen LogP contribution is 2.33. The van der Waals surface area contributed by atoms with E-state index in [1.165, 1.54) is 0 Å². The maximum atomic E-state index is 13.0. The van der Waals surface area contributed by atoms with Gasteiger partial charge in [-0.3, -0.25) is 9.36 Å². The first kappa shape index (κ1) is 22.4. The first-order valence-electron chi connectivity index (χ1n) is 10.8. The molecule has 1 heterocycles. The molecule has 0 atom stereocenters. The zero-order valence-electron chi connectivity index (χ0n) is 18.7. The zero-order chi connectivity index (χ0) is 22.2. The highest BCUT2D eigenvalue weighted by Gasteiger charge is 2.17. The van der Waals surface area contributed by atoms with Crippen molar-refractivity contribution in [2.24, 2.45) is 0 Å². The fraction of sp³-hybridized carbons (Fsp3) is 0.360. The fourth-order valence-electron chi connectivity index (χ4n) is 3.76. The fourth-order valence-corrected chi connectivity index (χ4v) is 3.76. The van der Waals surface area contributed by atoms with E-state index in [1.807, 2.05) is 47.0 Å². The van der Waals surface area contributed by atoms with Crippen molar-refractivity contribution in [3.05, 3.63) is 60.7 Å². The van der Waals surface area contributed by atoms with Crippen molar-refractivity contribution >= 4 is 5.91 Å². The smallest absolute Gasteiger partial charge is 0.270 e. The number of ether oxygens (including phenoxy) is 2. The summed E-state index contributed by atoms with van der Waals surface area (Å²) in [4.78, 5) is 17.2. The summed E-state index contributed by atoms with van der Waals surface area (Å²) in [6.07, 6.45) is 7.32. The Bertz CT molecular complexity index is 1010. The van der Waals surface area contributed by atoms with Gasteiger partial charge in [0.15, 0.2) is 11.5 Å². The maximum Gasteiger partial charge on any atom is 0.270 e. The summed E-state index contributed by atoms with van der Waals surface area (Å²) in [6, 6.07) is 14.0. The van der Waals surface area contributed by atoms with Crippen LogP contribution in [0.15, 0.2) is 55.0 Å². The highest BCUT2D eigenvalue weighted by atomic mass is 16.5. The molecule has 0 saturated heterocycles. The van der Waals surface area contributed by atoms with Crippen molar-refractivity contribution < 1.29 is 14.3 Å². The van der Waals surface area contributed by atoms with Crippen molar-refractivity contribution in [1.29, 1.82) is 0 Å². The molecule has 1 N–H and O–H groups in total. The van der Waals surface area contributed by atoms with Crippen LogP contribution >= 0.6 is 0 Å². The van der Waals surface area contributed by atoms with E-state index in [4.69, 9.17) is 9.47 Å². The average molecular weight is 422 g/mol. The summed E-state index contributed by atoms with van der Waals surface area (Å²) in [5.41, 5.74) is 3.41. The molecule has 0 radical (unpaired) electrons. The summed E-state index contributed by atoms with van der Waals surface area (Å²) in [6.45, 7) is 4.28. The molecule has 3 aromatic rings. The highest BCUT2D eigenvalue weighted by molar-refractivity contribution is 5.93. The molecule has 0 saturated carbocycles. The number of rotatable bonds is 10. The summed E-state index contributed by atoms with van der Waals surface area (Å²) < 4.78 is 12.6. The molecule has 2 aromatic carbocycles. The second-order valence-electron chi connectivity index (χ2n) is 7.52. The minimum atomic E-state index is -0.0964. The van der Waals surface area contributed by atoms with Gasteiger partial charge >= 0.3 is 0 Å². The van der Waals surface area contributed by atoms with Gasteiger partial charge in [0.25, 0.3) is 5.91 Å². The van der Waals surface area contributed by atoms with E-state index in [0.717, 1.165) is 42.5 Å². The summed E-state index contributed by atoms with van der Waals surface area (Å²) >= 11 is 0. The van der Waals surface area contributed by atoms with Gasteiger partial charge in [-0.05, 0) is 48.2 Å². The van der Waals surface area contributed by atoms with Crippen LogP contribution < -0.4 is 14.8 Å². The lowest BCUT2D eigenvalue weighted by atomic mass is 10.0. The molecular weight excluding hydrogens is 390 g/mol. The van der Waals surface area contributed by atoms with Gasteiger partial charge in [-0.2, -0.15) is 0 Å². The first-order valence-corrected chi connectivity index (χ1v) is 10.8. The van der Waals surface area contributed by atoms with Crippen molar-refractivity contribution in [3.8, 4) is 28.3 Å². The maximum absolute atomic E-state index is 13.0. The quantitative estimate of drug-likeness (QED) is 0.485. The van der Waals surface area contributed by atoms with Crippen molar-refractivity contribution in [3.63, 3.8) is 0 Å². The SMILES string of the molecule is CCCC(CCC)NC(=O)c1cncn1-c1cccc(-c2ccc(OC)c(OC)c2)c1. The Kier molecular flexibility index (Phi) is 7.70. The molecule has 164 valence electrons. The van der Waals surface area contributed by atoms with Gasteiger partial charge in [0.2, 0.25) is 0 Å². The van der Waals surface area contributed by atoms with Gasteiger partial charge in [-0.1, -0.05) is 44.9 Å². The number of carbonyl (C=O) groups excluding carboxylic acids is 1. The third kappa shape index (κ3) is 5.26. The van der Waals surface area contributed by atoms with E-state index < -0.39 is 0 Å². The van der Waals surface area contributed by atoms with E-state index in [1.54, 1.807) is 26.7 Å². The van der Waals surface area contributed by atoms with Crippen LogP contribution in [0.1, 0.15) is 50.0 Å². The van der Waals surface area contributed by atoms with Crippen LogP contribution in [0.3, 0.4) is 0 Å². The van der Waals surface area contributed by atoms with Crippen molar-refractivity contribution in [2.45, 2.75) is 45.6 Å². The molecule has 0 aliphatic carbocycles. The minimum absolute atomic E-state index is 0.0964. The van der Waals surface area contributed by atoms with E-state index in [-0.39, 0.29) is 11.9 Å². The number of aromatic nitrogens is 2. The van der Waals surface area contributed by atoms with Gasteiger partial charge in [-0.25, -0.2) is 4.98 Å². The number of imidazole rings is 1. The second-order valence-corrected chi connectivity index (χ2v) is 7.52. The van der Waals surface area contributed by atoms with Crippen LogP contribution in [0, 0.1) is 0 Å². The number of benzene rings is 2. The number of hydrogen-bond acceptors (Lipinski definition) is 4. The number of hydrogen-bond donors (Lipinski definition) is 1. The number of carbonyl (C=O) groups is 1. The van der Waals surface area contributed by atoms with Gasteiger partial charge in [-0.15, -0.1) is 0 Å². The lowest BCUT2D eigenvalue weighted by Crippen LogP contribution is -2.35. The third-order valence-corrected chi connectivity index (χ3v) is 5.32. The summed E-state index contributed by atoms with van der Waals surface area (Å²) in [7, 11) is 3.24. The molecule has 0 bridgehead atoms. The predicted molar refractivity (Wildman–Crippen MR) is 123 cm³/mol. The minimum Gasteiger partial charge on any atom is -0.493 e. The van der Waals surface area contributed by atoms with Gasteiger partial charge < -0.3 is 14.8 Å². The molecule has 1 amide bonds. The summed E-state index contributed by atoms with van der Waals surface area (Å²) in [5, 5.41) is 3.18. The van der Waals surface area contributed by atoms with Crippen LogP contribution in [-0.2, 0) is 0 Å². The molecule has 0 aliphatic heterocycles. The number of methoxy groups -OCH3 is 2. The number of nitrogens with zero attached hydrogens (tertiary/aromatic N) is 2. The second kappa shape index (κ2) is 10.7. The molecule has 0 spiro atoms. The van der Waals surface area contributed by atoms with Gasteiger partial charge in [0.05, 0.1) is 26.7 Å². The normalized spacial score (nSPS) is 10.9. The Morgan fingerprint density at radius 2 is 1.71 bits per heavy atom. The van der Waals surface area contributed by atoms with E-state index in [2.05, 4.69) is 24.1 Å². The molecule has 0 aliphatic rings. The van der Waals surface area contributed by atoms with Gasteiger partial charge in [0.1, 0.15) is 5.69 Å².